The summed E-state index contributed by atoms with van der Waals surface area (Å²) in [6.45, 7) is 6.94. The molecule has 4 atom stereocenters. The summed E-state index contributed by atoms with van der Waals surface area (Å²) in [6, 6.07) is 16.1. The number of para-hydroxylation sites is 1. The van der Waals surface area contributed by atoms with Gasteiger partial charge in [0.25, 0.3) is 18.0 Å². The molecule has 0 spiro atoms. The van der Waals surface area contributed by atoms with Gasteiger partial charge >= 0.3 is 5.97 Å². The minimum Gasteiger partial charge on any atom is -0.431 e. The Kier molecular flexibility index (Phi) is 6.14. The molecule has 2 fully saturated rings. The van der Waals surface area contributed by atoms with Crippen molar-refractivity contribution in [3.63, 3.8) is 0 Å². The number of allylic oxidation sites excluding steroid dienone is 1. The van der Waals surface area contributed by atoms with Crippen LogP contribution < -0.4 is 5.32 Å². The summed E-state index contributed by atoms with van der Waals surface area (Å²) in [7, 11) is 1.48. The molecule has 0 bridgehead atoms. The van der Waals surface area contributed by atoms with E-state index >= 15 is 0 Å². The first-order chi connectivity index (χ1) is 19.0. The number of nitrogens with zero attached hydrogens (tertiary/aromatic N) is 2. The number of esters is 1. The van der Waals surface area contributed by atoms with Gasteiger partial charge in [0.2, 0.25) is 0 Å². The van der Waals surface area contributed by atoms with Crippen molar-refractivity contribution in [1.29, 1.82) is 0 Å². The fourth-order valence-electron chi connectivity index (χ4n) is 6.60. The van der Waals surface area contributed by atoms with Gasteiger partial charge in [-0.25, -0.2) is 0 Å². The Bertz CT molecular complexity index is 1480. The molecule has 8 nitrogen and oxygen atoms in total. The monoisotopic (exact) mass is 559 g/mol. The summed E-state index contributed by atoms with van der Waals surface area (Å²) in [5.41, 5.74) is 4.34. The molecule has 0 radical (unpaired) electrons. The molecule has 40 heavy (non-hydrogen) atoms. The lowest BCUT2D eigenvalue weighted by Crippen LogP contribution is -2.70. The van der Waals surface area contributed by atoms with Crippen LogP contribution >= 0.6 is 11.8 Å². The van der Waals surface area contributed by atoms with E-state index in [-0.39, 0.29) is 17.5 Å². The summed E-state index contributed by atoms with van der Waals surface area (Å²) >= 11 is 0.927. The average Bonchev–Trinajstić information content (AvgIpc) is 3.57. The van der Waals surface area contributed by atoms with Crippen molar-refractivity contribution < 1.29 is 23.9 Å². The predicted molar refractivity (Wildman–Crippen MR) is 153 cm³/mol. The Morgan fingerprint density at radius 2 is 1.73 bits per heavy atom. The van der Waals surface area contributed by atoms with Crippen molar-refractivity contribution in [3.8, 4) is 0 Å². The molecule has 208 valence electrons. The highest BCUT2D eigenvalue weighted by Gasteiger charge is 2.73. The van der Waals surface area contributed by atoms with Crippen LogP contribution in [0.5, 0.6) is 0 Å². The van der Waals surface area contributed by atoms with Gasteiger partial charge in [-0.1, -0.05) is 76.2 Å². The van der Waals surface area contributed by atoms with Crippen LogP contribution in [0.4, 0.5) is 5.69 Å². The first-order valence-electron chi connectivity index (χ1n) is 13.7. The molecule has 2 aromatic carbocycles. The highest BCUT2D eigenvalue weighted by atomic mass is 32.2. The van der Waals surface area contributed by atoms with Crippen molar-refractivity contribution in [2.75, 3.05) is 12.4 Å². The van der Waals surface area contributed by atoms with Gasteiger partial charge in [0.15, 0.2) is 9.99 Å². The zero-order valence-electron chi connectivity index (χ0n) is 23.3. The quantitative estimate of drug-likeness (QED) is 0.550. The predicted octanol–water partition coefficient (Wildman–Crippen LogP) is 4.16. The summed E-state index contributed by atoms with van der Waals surface area (Å²) < 4.78 is 5.63. The number of ether oxygens (including phenoxy) is 1. The molecule has 2 saturated heterocycles. The van der Waals surface area contributed by atoms with Crippen molar-refractivity contribution in [1.82, 2.24) is 9.80 Å². The normalized spacial score (nSPS) is 28.2. The van der Waals surface area contributed by atoms with E-state index in [4.69, 9.17) is 4.74 Å². The van der Waals surface area contributed by atoms with Crippen molar-refractivity contribution in [2.24, 2.45) is 11.8 Å². The average molecular weight is 560 g/mol. The van der Waals surface area contributed by atoms with Gasteiger partial charge in [-0.15, -0.1) is 0 Å². The van der Waals surface area contributed by atoms with Crippen LogP contribution in [-0.4, -0.2) is 57.0 Å². The lowest BCUT2D eigenvalue weighted by Gasteiger charge is -2.47. The Hall–Kier alpha value is -3.59. The van der Waals surface area contributed by atoms with E-state index < -0.39 is 46.4 Å². The number of benzene rings is 2. The number of fused-ring (bicyclic) bond motifs is 6. The fraction of sp³-hybridized carbons (Fsp3) is 0.419. The first kappa shape index (κ1) is 26.6. The van der Waals surface area contributed by atoms with E-state index in [0.717, 1.165) is 40.6 Å². The molecule has 9 heteroatoms. The summed E-state index contributed by atoms with van der Waals surface area (Å²) in [5.74, 6) is -2.34. The minimum atomic E-state index is -1.52. The number of hydrogen-bond acceptors (Lipinski definition) is 7. The lowest BCUT2D eigenvalue weighted by atomic mass is 9.70. The van der Waals surface area contributed by atoms with Crippen LogP contribution in [-0.2, 0) is 35.8 Å². The topological polar surface area (TPSA) is 96.0 Å². The Morgan fingerprint density at radius 3 is 2.45 bits per heavy atom. The third-order valence-corrected chi connectivity index (χ3v) is 10.1. The van der Waals surface area contributed by atoms with Crippen LogP contribution in [0.25, 0.3) is 5.57 Å². The molecule has 4 aliphatic rings. The molecule has 6 rings (SSSR count). The molecule has 0 unspecified atom stereocenters. The second-order valence-electron chi connectivity index (χ2n) is 11.6. The number of nitrogens with one attached hydrogen (secondary N) is 1. The molecule has 0 aromatic heterocycles. The zero-order chi connectivity index (χ0) is 28.6. The largest absolute Gasteiger partial charge is 0.431 e. The fourth-order valence-corrected chi connectivity index (χ4v) is 7.99. The second kappa shape index (κ2) is 9.23. The Balaban J connectivity index is 1.57. The van der Waals surface area contributed by atoms with Crippen LogP contribution in [0, 0.1) is 11.8 Å². The Morgan fingerprint density at radius 1 is 1.02 bits per heavy atom. The van der Waals surface area contributed by atoms with Gasteiger partial charge in [0.05, 0.1) is 11.3 Å². The molecule has 3 heterocycles. The first-order valence-corrected chi connectivity index (χ1v) is 14.5. The van der Waals surface area contributed by atoms with E-state index in [9.17, 15) is 19.2 Å². The highest BCUT2D eigenvalue weighted by Crippen LogP contribution is 2.65. The van der Waals surface area contributed by atoms with Crippen molar-refractivity contribution in [2.45, 2.75) is 63.2 Å². The number of likely N-dealkylation sites (N-methyl/N-ethyl adjacent to an activating group) is 1. The number of amides is 2. The number of thioether (sulfide) groups is 1. The van der Waals surface area contributed by atoms with Crippen LogP contribution in [0.3, 0.4) is 0 Å². The number of hydrogen-bond donors (Lipinski definition) is 1. The van der Waals surface area contributed by atoms with Crippen LogP contribution in [0.2, 0.25) is 0 Å². The van der Waals surface area contributed by atoms with E-state index in [1.807, 2.05) is 36.4 Å². The minimum absolute atomic E-state index is 0.179. The number of rotatable bonds is 5. The van der Waals surface area contributed by atoms with E-state index in [0.29, 0.717) is 0 Å². The zero-order valence-corrected chi connectivity index (χ0v) is 24.1. The Labute approximate surface area is 238 Å². The molecular formula is C31H33N3O5S. The molecule has 2 amide bonds. The molecule has 2 aromatic rings. The maximum atomic E-state index is 14.5. The number of piperazine rings is 1. The van der Waals surface area contributed by atoms with E-state index in [1.54, 1.807) is 27.7 Å². The molecular weight excluding hydrogens is 526 g/mol. The summed E-state index contributed by atoms with van der Waals surface area (Å²) in [4.78, 5) is 56.2. The second-order valence-corrected chi connectivity index (χ2v) is 12.9. The maximum absolute atomic E-state index is 14.5. The van der Waals surface area contributed by atoms with Gasteiger partial charge in [0.1, 0.15) is 6.17 Å². The van der Waals surface area contributed by atoms with Gasteiger partial charge in [-0.2, -0.15) is 0 Å². The third kappa shape index (κ3) is 3.52. The third-order valence-electron chi connectivity index (χ3n) is 8.54. The van der Waals surface area contributed by atoms with Crippen LogP contribution in [0.1, 0.15) is 50.8 Å². The molecule has 0 saturated carbocycles. The van der Waals surface area contributed by atoms with Gasteiger partial charge in [-0.05, 0) is 46.5 Å². The standard InChI is InChI=1S/C31H33N3O5S/c1-17(2)26(36)39-25-24(35)34-28-30(22-12-8-9-13-23(22)32-28,21-15-14-19-10-6-7-11-20(19)21)16-31(34,29(38)33(25)5)40-27(37)18(3)4/h6-13,15,17-18,25,28,32H,14,16H2,1-5H3/t25-,28-,30+,31+/m1/s1. The SMILES string of the molecule is CC(C)C(=O)O[C@@H]1C(=O)N2[C@H]3Nc4ccccc4[C@@]3(C3=CCc4ccccc43)C[C@]2(SC(=O)C(C)C)C(=O)N1C. The van der Waals surface area contributed by atoms with Crippen molar-refractivity contribution in [3.05, 3.63) is 71.3 Å². The molecule has 1 aliphatic carbocycles. The smallest absolute Gasteiger partial charge is 0.310 e. The van der Waals surface area contributed by atoms with Gasteiger partial charge in [-0.3, -0.25) is 29.0 Å². The van der Waals surface area contributed by atoms with Gasteiger partial charge in [0, 0.05) is 25.1 Å². The van der Waals surface area contributed by atoms with E-state index in [2.05, 4.69) is 23.5 Å². The maximum Gasteiger partial charge on any atom is 0.310 e. The molecule has 3 aliphatic heterocycles. The number of anilines is 1. The van der Waals surface area contributed by atoms with Gasteiger partial charge < -0.3 is 10.1 Å². The molecule has 1 N–H and O–H groups in total. The summed E-state index contributed by atoms with van der Waals surface area (Å²) in [6.07, 6.45) is 1.05. The highest BCUT2D eigenvalue weighted by molar-refractivity contribution is 8.15. The van der Waals surface area contributed by atoms with Crippen LogP contribution in [0.15, 0.2) is 54.6 Å². The van der Waals surface area contributed by atoms with Crippen molar-refractivity contribution >= 4 is 45.9 Å². The van der Waals surface area contributed by atoms with E-state index in [1.165, 1.54) is 22.4 Å². The number of carbonyl (C=O) groups is 4. The lowest BCUT2D eigenvalue weighted by molar-refractivity contribution is -0.189. The summed E-state index contributed by atoms with van der Waals surface area (Å²) in [5, 5.41) is 3.38. The number of carbonyl (C=O) groups excluding carboxylic acids is 4.